The molecule has 0 aromatic heterocycles. The number of ether oxygens (including phenoxy) is 2. The van der Waals surface area contributed by atoms with Crippen LogP contribution in [0.1, 0.15) is 33.4 Å². The van der Waals surface area contributed by atoms with E-state index in [0.717, 1.165) is 11.5 Å². The Kier molecular flexibility index (Phi) is 5.84. The molecule has 0 N–H and O–H groups in total. The van der Waals surface area contributed by atoms with E-state index in [-0.39, 0.29) is 0 Å². The van der Waals surface area contributed by atoms with Crippen LogP contribution >= 0.6 is 0 Å². The van der Waals surface area contributed by atoms with Crippen molar-refractivity contribution in [1.82, 2.24) is 0 Å². The zero-order valence-corrected chi connectivity index (χ0v) is 24.2. The van der Waals surface area contributed by atoms with Gasteiger partial charge in [-0.3, -0.25) is 0 Å². The predicted octanol–water partition coefficient (Wildman–Crippen LogP) is 9.88. The molecule has 0 radical (unpaired) electrons. The molecular weight excluding hydrogens is 524 g/mol. The average molecular weight is 555 g/mol. The van der Waals surface area contributed by atoms with Gasteiger partial charge in [0.2, 0.25) is 0 Å². The highest BCUT2D eigenvalue weighted by atomic mass is 16.5. The molecule has 0 unspecified atom stereocenters. The molecule has 206 valence electrons. The van der Waals surface area contributed by atoms with E-state index >= 15 is 0 Å². The number of hydrogen-bond acceptors (Lipinski definition) is 2. The van der Waals surface area contributed by atoms with Crippen molar-refractivity contribution in [3.8, 4) is 44.9 Å². The summed E-state index contributed by atoms with van der Waals surface area (Å²) in [5.41, 5.74) is 14.5. The van der Waals surface area contributed by atoms with Crippen LogP contribution in [0.25, 0.3) is 45.5 Å². The summed E-state index contributed by atoms with van der Waals surface area (Å²) in [4.78, 5) is 0. The lowest BCUT2D eigenvalue weighted by molar-refractivity contribution is 0.415. The summed E-state index contributed by atoms with van der Waals surface area (Å²) in [6.07, 6.45) is 4.58. The molecule has 2 nitrogen and oxygen atoms in total. The summed E-state index contributed by atoms with van der Waals surface area (Å²) in [5, 5.41) is 0. The molecule has 6 aromatic rings. The van der Waals surface area contributed by atoms with Crippen molar-refractivity contribution < 1.29 is 9.47 Å². The number of methoxy groups -OCH3 is 2. The van der Waals surface area contributed by atoms with Gasteiger partial charge in [-0.1, -0.05) is 109 Å². The lowest BCUT2D eigenvalue weighted by atomic mass is 9.65. The molecule has 0 amide bonds. The topological polar surface area (TPSA) is 18.5 Å². The molecule has 0 bridgehead atoms. The van der Waals surface area contributed by atoms with Crippen LogP contribution in [-0.4, -0.2) is 14.2 Å². The van der Waals surface area contributed by atoms with Gasteiger partial charge in [-0.05, 0) is 103 Å². The Hall–Kier alpha value is -5.34. The van der Waals surface area contributed by atoms with Crippen LogP contribution in [0.15, 0.2) is 133 Å². The third kappa shape index (κ3) is 3.80. The highest BCUT2D eigenvalue weighted by Gasteiger charge is 2.48. The normalized spacial score (nSPS) is 13.4. The van der Waals surface area contributed by atoms with Crippen LogP contribution in [0.3, 0.4) is 0 Å². The third-order valence-electron chi connectivity index (χ3n) is 9.16. The van der Waals surface area contributed by atoms with E-state index in [9.17, 15) is 0 Å². The summed E-state index contributed by atoms with van der Waals surface area (Å²) < 4.78 is 10.9. The second-order valence-corrected chi connectivity index (χ2v) is 11.2. The molecule has 2 heteroatoms. The van der Waals surface area contributed by atoms with Crippen molar-refractivity contribution in [2.24, 2.45) is 0 Å². The zero-order valence-electron chi connectivity index (χ0n) is 24.2. The van der Waals surface area contributed by atoms with Gasteiger partial charge in [-0.2, -0.15) is 0 Å². The summed E-state index contributed by atoms with van der Waals surface area (Å²) in [7, 11) is 3.42. The first-order chi connectivity index (χ1) is 21.2. The second kappa shape index (κ2) is 9.89. The van der Waals surface area contributed by atoms with E-state index in [1.54, 1.807) is 14.2 Å². The van der Waals surface area contributed by atoms with Crippen LogP contribution in [0.2, 0.25) is 0 Å². The van der Waals surface area contributed by atoms with Crippen LogP contribution in [-0.2, 0) is 5.41 Å². The van der Waals surface area contributed by atoms with Crippen molar-refractivity contribution in [1.29, 1.82) is 0 Å². The van der Waals surface area contributed by atoms with Crippen molar-refractivity contribution in [2.45, 2.75) is 5.41 Å². The summed E-state index contributed by atoms with van der Waals surface area (Å²) in [5.74, 6) is 1.72. The average Bonchev–Trinajstić information content (AvgIpc) is 3.29. The number of fused-ring (bicyclic) bond motifs is 9. The monoisotopic (exact) mass is 554 g/mol. The van der Waals surface area contributed by atoms with Gasteiger partial charge in [0.1, 0.15) is 11.5 Å². The van der Waals surface area contributed by atoms with E-state index in [0.29, 0.717) is 0 Å². The third-order valence-corrected chi connectivity index (χ3v) is 9.16. The molecule has 43 heavy (non-hydrogen) atoms. The molecule has 0 saturated heterocycles. The van der Waals surface area contributed by atoms with Gasteiger partial charge in [-0.15, -0.1) is 0 Å². The second-order valence-electron chi connectivity index (χ2n) is 11.2. The predicted molar refractivity (Wildman–Crippen MR) is 177 cm³/mol. The van der Waals surface area contributed by atoms with E-state index in [1.165, 1.54) is 66.8 Å². The maximum Gasteiger partial charge on any atom is 0.118 e. The minimum absolute atomic E-state index is 0.494. The van der Waals surface area contributed by atoms with Gasteiger partial charge >= 0.3 is 0 Å². The first kappa shape index (κ1) is 25.4. The fourth-order valence-electron chi connectivity index (χ4n) is 7.12. The Morgan fingerprint density at radius 2 is 0.791 bits per heavy atom. The number of rotatable bonds is 4. The maximum atomic E-state index is 5.45. The summed E-state index contributed by atoms with van der Waals surface area (Å²) in [6, 6.07) is 48.5. The SMILES string of the molecule is COc1ccc(-c2ccc3c(c2)C2(c4cc(-c5ccc(OC)cc5)ccc4C=C3)c3ccccc3-c3ccccc32)cc1. The van der Waals surface area contributed by atoms with E-state index in [4.69, 9.17) is 9.47 Å². The summed E-state index contributed by atoms with van der Waals surface area (Å²) >= 11 is 0. The highest BCUT2D eigenvalue weighted by Crippen LogP contribution is 2.59. The molecule has 6 aromatic carbocycles. The molecule has 0 atom stereocenters. The molecule has 2 aliphatic rings. The first-order valence-corrected chi connectivity index (χ1v) is 14.7. The van der Waals surface area contributed by atoms with E-state index in [1.807, 2.05) is 24.3 Å². The van der Waals surface area contributed by atoms with Crippen molar-refractivity contribution in [3.63, 3.8) is 0 Å². The zero-order chi connectivity index (χ0) is 29.0. The van der Waals surface area contributed by atoms with Gasteiger partial charge in [-0.25, -0.2) is 0 Å². The highest BCUT2D eigenvalue weighted by molar-refractivity contribution is 5.92. The maximum absolute atomic E-state index is 5.45. The first-order valence-electron chi connectivity index (χ1n) is 14.7. The molecule has 1 spiro atoms. The van der Waals surface area contributed by atoms with E-state index < -0.39 is 5.41 Å². The van der Waals surface area contributed by atoms with Gasteiger partial charge in [0.05, 0.1) is 19.6 Å². The Morgan fingerprint density at radius 1 is 0.395 bits per heavy atom. The number of hydrogen-bond donors (Lipinski definition) is 0. The van der Waals surface area contributed by atoms with Gasteiger partial charge in [0.15, 0.2) is 0 Å². The summed E-state index contributed by atoms with van der Waals surface area (Å²) in [6.45, 7) is 0. The van der Waals surface area contributed by atoms with Crippen molar-refractivity contribution >= 4 is 12.2 Å². The fraction of sp³-hybridized carbons (Fsp3) is 0.0732. The van der Waals surface area contributed by atoms with Gasteiger partial charge < -0.3 is 9.47 Å². The van der Waals surface area contributed by atoms with Gasteiger partial charge in [0, 0.05) is 0 Å². The van der Waals surface area contributed by atoms with Crippen LogP contribution < -0.4 is 9.47 Å². The van der Waals surface area contributed by atoms with Crippen molar-refractivity contribution in [2.75, 3.05) is 14.2 Å². The lowest BCUT2D eigenvalue weighted by Gasteiger charge is -2.36. The molecule has 0 fully saturated rings. The Bertz CT molecular complexity index is 1880. The van der Waals surface area contributed by atoms with Crippen LogP contribution in [0.4, 0.5) is 0 Å². The van der Waals surface area contributed by atoms with E-state index in [2.05, 4.69) is 121 Å². The van der Waals surface area contributed by atoms with Crippen LogP contribution in [0.5, 0.6) is 11.5 Å². The quantitative estimate of drug-likeness (QED) is 0.216. The number of benzene rings is 6. The van der Waals surface area contributed by atoms with Crippen molar-refractivity contribution in [3.05, 3.63) is 167 Å². The molecule has 0 saturated carbocycles. The fourth-order valence-corrected chi connectivity index (χ4v) is 7.12. The molecule has 0 heterocycles. The smallest absolute Gasteiger partial charge is 0.118 e. The minimum Gasteiger partial charge on any atom is -0.497 e. The molecular formula is C41H30O2. The Labute approximate surface area is 252 Å². The largest absolute Gasteiger partial charge is 0.497 e. The Morgan fingerprint density at radius 3 is 1.21 bits per heavy atom. The molecule has 2 aliphatic carbocycles. The van der Waals surface area contributed by atoms with Gasteiger partial charge in [0.25, 0.3) is 0 Å². The molecule has 0 aliphatic heterocycles. The Balaban J connectivity index is 1.45. The lowest BCUT2D eigenvalue weighted by Crippen LogP contribution is -2.30. The van der Waals surface area contributed by atoms with Crippen LogP contribution in [0, 0.1) is 0 Å². The minimum atomic E-state index is -0.494. The molecule has 8 rings (SSSR count). The standard InChI is InChI=1S/C41H30O2/c1-42-33-21-17-27(18-22-33)31-15-13-29-11-12-30-14-16-32(28-19-23-34(43-2)24-20-28)26-40(30)41(39(29)25-31)37-9-5-3-7-35(37)36-8-4-6-10-38(36)41/h3-26H,1-2H3.